The van der Waals surface area contributed by atoms with Gasteiger partial charge in [0.2, 0.25) is 5.09 Å². The molecule has 0 saturated carbocycles. The van der Waals surface area contributed by atoms with E-state index < -0.39 is 27.4 Å². The molecule has 26 heavy (non-hydrogen) atoms. The van der Waals surface area contributed by atoms with Gasteiger partial charge in [0.25, 0.3) is 15.9 Å². The highest BCUT2D eigenvalue weighted by atomic mass is 32.2. The molecule has 2 heterocycles. The summed E-state index contributed by atoms with van der Waals surface area (Å²) in [4.78, 5) is 27.7. The number of thiazole rings is 1. The molecule has 0 fully saturated rings. The first-order valence-corrected chi connectivity index (χ1v) is 9.96. The second-order valence-corrected chi connectivity index (χ2v) is 8.66. The predicted molar refractivity (Wildman–Crippen MR) is 94.8 cm³/mol. The van der Waals surface area contributed by atoms with Crippen LogP contribution in [0.3, 0.4) is 0 Å². The lowest BCUT2D eigenvalue weighted by atomic mass is 10.1. The zero-order valence-corrected chi connectivity index (χ0v) is 16.3. The molecule has 0 aliphatic carbocycles. The van der Waals surface area contributed by atoms with Crippen molar-refractivity contribution in [2.75, 3.05) is 11.9 Å². The Hall–Kier alpha value is -2.24. The number of nitrogens with one attached hydrogen (secondary N) is 2. The molecule has 142 valence electrons. The number of sulfonamides is 1. The number of rotatable bonds is 6. The van der Waals surface area contributed by atoms with Gasteiger partial charge in [0, 0.05) is 10.9 Å². The molecule has 0 radical (unpaired) electrons. The Kier molecular flexibility index (Phi) is 5.84. The molecule has 2 N–H and O–H groups in total. The van der Waals surface area contributed by atoms with Crippen LogP contribution in [-0.4, -0.2) is 37.4 Å². The molecule has 2 aromatic rings. The number of amides is 1. The van der Waals surface area contributed by atoms with Gasteiger partial charge in [-0.05, 0) is 39.8 Å². The zero-order chi connectivity index (χ0) is 19.5. The summed E-state index contributed by atoms with van der Waals surface area (Å²) in [6.45, 7) is 6.94. The van der Waals surface area contributed by atoms with E-state index in [1.54, 1.807) is 27.7 Å². The second-order valence-electron chi connectivity index (χ2n) is 6.19. The normalized spacial score (nSPS) is 12.0. The van der Waals surface area contributed by atoms with Gasteiger partial charge in [-0.1, -0.05) is 0 Å². The van der Waals surface area contributed by atoms with E-state index >= 15 is 0 Å². The van der Waals surface area contributed by atoms with Gasteiger partial charge in [0.05, 0.1) is 6.61 Å². The maximum atomic E-state index is 12.2. The van der Waals surface area contributed by atoms with Crippen LogP contribution >= 0.6 is 11.3 Å². The van der Waals surface area contributed by atoms with E-state index in [-0.39, 0.29) is 28.3 Å². The van der Waals surface area contributed by atoms with Crippen molar-refractivity contribution >= 4 is 38.4 Å². The van der Waals surface area contributed by atoms with Gasteiger partial charge in [-0.25, -0.2) is 22.9 Å². The summed E-state index contributed by atoms with van der Waals surface area (Å²) in [7, 11) is -3.89. The summed E-state index contributed by atoms with van der Waals surface area (Å²) in [5.41, 5.74) is -0.623. The Morgan fingerprint density at radius 1 is 1.31 bits per heavy atom. The number of aromatic nitrogens is 1. The van der Waals surface area contributed by atoms with Crippen molar-refractivity contribution < 1.29 is 27.2 Å². The molecule has 0 unspecified atom stereocenters. The first-order chi connectivity index (χ1) is 12.0. The highest BCUT2D eigenvalue weighted by Gasteiger charge is 2.26. The van der Waals surface area contributed by atoms with Gasteiger partial charge in [-0.3, -0.25) is 10.1 Å². The number of carbonyl (C=O) groups is 2. The van der Waals surface area contributed by atoms with Crippen molar-refractivity contribution in [3.63, 3.8) is 0 Å². The number of furan rings is 1. The molecule has 0 aromatic carbocycles. The minimum absolute atomic E-state index is 0.0734. The number of ether oxygens (including phenoxy) is 1. The van der Waals surface area contributed by atoms with Crippen LogP contribution in [0.2, 0.25) is 0 Å². The number of anilines is 1. The lowest BCUT2D eigenvalue weighted by molar-refractivity contribution is 0.0520. The molecular weight excluding hydrogens is 382 g/mol. The molecule has 0 aliphatic rings. The van der Waals surface area contributed by atoms with Crippen molar-refractivity contribution in [1.29, 1.82) is 0 Å². The van der Waals surface area contributed by atoms with Crippen molar-refractivity contribution in [3.8, 4) is 0 Å². The van der Waals surface area contributed by atoms with E-state index in [1.807, 2.05) is 0 Å². The van der Waals surface area contributed by atoms with E-state index in [2.05, 4.69) is 15.0 Å². The fraction of sp³-hybridized carbons (Fsp3) is 0.400. The Morgan fingerprint density at radius 3 is 2.62 bits per heavy atom. The lowest BCUT2D eigenvalue weighted by Gasteiger charge is -2.18. The fourth-order valence-electron chi connectivity index (χ4n) is 1.83. The summed E-state index contributed by atoms with van der Waals surface area (Å²) in [5.74, 6) is -1.48. The third kappa shape index (κ3) is 5.13. The molecule has 2 aromatic heterocycles. The predicted octanol–water partition coefficient (Wildman–Crippen LogP) is 2.24. The molecule has 0 saturated heterocycles. The highest BCUT2D eigenvalue weighted by Crippen LogP contribution is 2.20. The third-order valence-electron chi connectivity index (χ3n) is 2.72. The Balaban J connectivity index is 2.10. The SMILES string of the molecule is CCOC(=O)c1csc(NC(=O)c2ccc(S(=O)(=O)NC(C)(C)C)o2)n1. The van der Waals surface area contributed by atoms with Crippen LogP contribution in [-0.2, 0) is 14.8 Å². The Labute approximate surface area is 154 Å². The number of hydrogen-bond acceptors (Lipinski definition) is 8. The van der Waals surface area contributed by atoms with Gasteiger partial charge >= 0.3 is 5.97 Å². The Bertz CT molecular complexity index is 908. The molecular formula is C15H19N3O6S2. The van der Waals surface area contributed by atoms with E-state index in [9.17, 15) is 18.0 Å². The minimum Gasteiger partial charge on any atom is -0.461 e. The number of carbonyl (C=O) groups excluding carboxylic acids is 2. The van der Waals surface area contributed by atoms with E-state index in [0.29, 0.717) is 0 Å². The number of hydrogen-bond donors (Lipinski definition) is 2. The van der Waals surface area contributed by atoms with Crippen molar-refractivity contribution in [3.05, 3.63) is 29.0 Å². The lowest BCUT2D eigenvalue weighted by Crippen LogP contribution is -2.40. The van der Waals surface area contributed by atoms with Crippen LogP contribution in [0, 0.1) is 0 Å². The van der Waals surface area contributed by atoms with Gasteiger partial charge in [-0.15, -0.1) is 11.3 Å². The van der Waals surface area contributed by atoms with Gasteiger partial charge < -0.3 is 9.15 Å². The summed E-state index contributed by atoms with van der Waals surface area (Å²) in [6, 6.07) is 2.43. The number of esters is 1. The van der Waals surface area contributed by atoms with Gasteiger partial charge in [0.15, 0.2) is 16.6 Å². The topological polar surface area (TPSA) is 128 Å². The van der Waals surface area contributed by atoms with Crippen LogP contribution < -0.4 is 10.0 Å². The second kappa shape index (κ2) is 7.56. The van der Waals surface area contributed by atoms with Crippen LogP contribution in [0.5, 0.6) is 0 Å². The largest absolute Gasteiger partial charge is 0.461 e. The molecule has 9 nitrogen and oxygen atoms in total. The first kappa shape index (κ1) is 20.1. The standard InChI is InChI=1S/C15H19N3O6S2/c1-5-23-13(20)9-8-25-14(16-9)17-12(19)10-6-7-11(24-10)26(21,22)18-15(2,3)4/h6-8,18H,5H2,1-4H3,(H,16,17,19). The van der Waals surface area contributed by atoms with Crippen LogP contribution in [0.1, 0.15) is 48.7 Å². The van der Waals surface area contributed by atoms with Crippen molar-refractivity contribution in [2.45, 2.75) is 38.3 Å². The maximum Gasteiger partial charge on any atom is 0.357 e. The summed E-state index contributed by atoms with van der Waals surface area (Å²) in [6.07, 6.45) is 0. The summed E-state index contributed by atoms with van der Waals surface area (Å²) in [5, 5.41) is 3.67. The first-order valence-electron chi connectivity index (χ1n) is 7.59. The minimum atomic E-state index is -3.89. The Morgan fingerprint density at radius 2 is 2.00 bits per heavy atom. The molecule has 1 amide bonds. The van der Waals surface area contributed by atoms with Crippen LogP contribution in [0.25, 0.3) is 0 Å². The van der Waals surface area contributed by atoms with Gasteiger partial charge in [0.1, 0.15) is 0 Å². The third-order valence-corrected chi connectivity index (χ3v) is 5.11. The monoisotopic (exact) mass is 401 g/mol. The number of nitrogens with zero attached hydrogens (tertiary/aromatic N) is 1. The smallest absolute Gasteiger partial charge is 0.357 e. The quantitative estimate of drug-likeness (QED) is 0.711. The van der Waals surface area contributed by atoms with Crippen LogP contribution in [0.15, 0.2) is 27.0 Å². The van der Waals surface area contributed by atoms with Crippen LogP contribution in [0.4, 0.5) is 5.13 Å². The highest BCUT2D eigenvalue weighted by molar-refractivity contribution is 7.89. The van der Waals surface area contributed by atoms with Crippen molar-refractivity contribution in [2.24, 2.45) is 0 Å². The van der Waals surface area contributed by atoms with Crippen molar-refractivity contribution in [1.82, 2.24) is 9.71 Å². The molecule has 2 rings (SSSR count). The molecule has 0 bridgehead atoms. The van der Waals surface area contributed by atoms with E-state index in [4.69, 9.17) is 9.15 Å². The van der Waals surface area contributed by atoms with E-state index in [1.165, 1.54) is 17.5 Å². The maximum absolute atomic E-state index is 12.2. The molecule has 0 spiro atoms. The van der Waals surface area contributed by atoms with E-state index in [0.717, 1.165) is 11.3 Å². The van der Waals surface area contributed by atoms with Gasteiger partial charge in [-0.2, -0.15) is 0 Å². The summed E-state index contributed by atoms with van der Waals surface area (Å²) < 4.78 is 36.7. The average molecular weight is 401 g/mol. The average Bonchev–Trinajstić information content (AvgIpc) is 3.14. The summed E-state index contributed by atoms with van der Waals surface area (Å²) >= 11 is 1.03. The fourth-order valence-corrected chi connectivity index (χ4v) is 3.86. The zero-order valence-electron chi connectivity index (χ0n) is 14.7. The molecule has 11 heteroatoms. The molecule has 0 aliphatic heterocycles. The molecule has 0 atom stereocenters.